The Hall–Kier alpha value is -1.32. The van der Waals surface area contributed by atoms with E-state index in [1.807, 2.05) is 24.9 Å². The minimum atomic E-state index is 0.0885. The maximum absolute atomic E-state index is 12.2. The van der Waals surface area contributed by atoms with E-state index in [1.165, 1.54) is 12.8 Å². The molecule has 1 aromatic heterocycles. The Balaban J connectivity index is 2.11. The van der Waals surface area contributed by atoms with Gasteiger partial charge in [-0.25, -0.2) is 0 Å². The van der Waals surface area contributed by atoms with Gasteiger partial charge in [-0.2, -0.15) is 5.10 Å². The highest BCUT2D eigenvalue weighted by molar-refractivity contribution is 5.92. The van der Waals surface area contributed by atoms with Crippen LogP contribution in [0.3, 0.4) is 0 Å². The highest BCUT2D eigenvalue weighted by Gasteiger charge is 2.19. The first-order valence-electron chi connectivity index (χ1n) is 5.98. The van der Waals surface area contributed by atoms with Crippen LogP contribution in [0, 0.1) is 6.92 Å². The van der Waals surface area contributed by atoms with Crippen molar-refractivity contribution in [3.63, 3.8) is 0 Å². The second-order valence-corrected chi connectivity index (χ2v) is 4.50. The fourth-order valence-corrected chi connectivity index (χ4v) is 2.10. The summed E-state index contributed by atoms with van der Waals surface area (Å²) in [4.78, 5) is 14.1. The molecule has 88 valence electrons. The first-order chi connectivity index (χ1) is 7.68. The summed E-state index contributed by atoms with van der Waals surface area (Å²) in [5.74, 6) is 0.0885. The number of hydrogen-bond donors (Lipinski definition) is 0. The van der Waals surface area contributed by atoms with Crippen molar-refractivity contribution in [1.29, 1.82) is 0 Å². The van der Waals surface area contributed by atoms with Crippen LogP contribution >= 0.6 is 0 Å². The number of aryl methyl sites for hydroxylation is 2. The third-order valence-corrected chi connectivity index (χ3v) is 3.23. The fraction of sp³-hybridized carbons (Fsp3) is 0.667. The third kappa shape index (κ3) is 2.26. The van der Waals surface area contributed by atoms with Crippen molar-refractivity contribution in [2.24, 2.45) is 7.05 Å². The number of rotatable bonds is 1. The first-order valence-corrected chi connectivity index (χ1v) is 5.98. The summed E-state index contributed by atoms with van der Waals surface area (Å²) < 4.78 is 1.76. The quantitative estimate of drug-likeness (QED) is 0.724. The van der Waals surface area contributed by atoms with Crippen LogP contribution < -0.4 is 0 Å². The van der Waals surface area contributed by atoms with Crippen molar-refractivity contribution in [2.75, 3.05) is 13.1 Å². The van der Waals surface area contributed by atoms with Gasteiger partial charge < -0.3 is 4.90 Å². The Morgan fingerprint density at radius 2 is 1.88 bits per heavy atom. The summed E-state index contributed by atoms with van der Waals surface area (Å²) in [6.07, 6.45) is 4.73. The molecular formula is C12H19N3O. The lowest BCUT2D eigenvalue weighted by Crippen LogP contribution is -2.32. The molecule has 4 nitrogen and oxygen atoms in total. The standard InChI is InChI=1S/C12H19N3O/c1-10-9-11(13-14(10)2)12(16)15-7-5-3-4-6-8-15/h9H,3-8H2,1-2H3. The molecule has 0 spiro atoms. The number of aromatic nitrogens is 2. The zero-order chi connectivity index (χ0) is 11.5. The summed E-state index contributed by atoms with van der Waals surface area (Å²) in [7, 11) is 1.87. The molecule has 1 aliphatic heterocycles. The van der Waals surface area contributed by atoms with E-state index in [2.05, 4.69) is 5.10 Å². The summed E-state index contributed by atoms with van der Waals surface area (Å²) in [5.41, 5.74) is 1.61. The molecule has 0 atom stereocenters. The molecule has 1 aliphatic rings. The highest BCUT2D eigenvalue weighted by Crippen LogP contribution is 2.13. The van der Waals surface area contributed by atoms with Crippen LogP contribution in [0.2, 0.25) is 0 Å². The number of carbonyl (C=O) groups excluding carboxylic acids is 1. The van der Waals surface area contributed by atoms with Crippen molar-refractivity contribution in [3.05, 3.63) is 17.5 Å². The van der Waals surface area contributed by atoms with Crippen LogP contribution in [0.1, 0.15) is 41.9 Å². The topological polar surface area (TPSA) is 38.1 Å². The molecular weight excluding hydrogens is 202 g/mol. The number of likely N-dealkylation sites (tertiary alicyclic amines) is 1. The van der Waals surface area contributed by atoms with E-state index in [0.717, 1.165) is 31.6 Å². The van der Waals surface area contributed by atoms with Gasteiger partial charge in [0.05, 0.1) is 0 Å². The van der Waals surface area contributed by atoms with E-state index < -0.39 is 0 Å². The van der Waals surface area contributed by atoms with Crippen LogP contribution in [-0.2, 0) is 7.05 Å². The molecule has 0 bridgehead atoms. The molecule has 1 amide bonds. The molecule has 16 heavy (non-hydrogen) atoms. The average Bonchev–Trinajstić information content (AvgIpc) is 2.51. The Labute approximate surface area is 96.2 Å². The number of carbonyl (C=O) groups is 1. The van der Waals surface area contributed by atoms with E-state index in [4.69, 9.17) is 0 Å². The molecule has 2 heterocycles. The molecule has 4 heteroatoms. The maximum atomic E-state index is 12.2. The van der Waals surface area contributed by atoms with Crippen molar-refractivity contribution in [3.8, 4) is 0 Å². The first kappa shape index (κ1) is 11.2. The largest absolute Gasteiger partial charge is 0.337 e. The van der Waals surface area contributed by atoms with Gasteiger partial charge in [-0.3, -0.25) is 9.48 Å². The van der Waals surface area contributed by atoms with Gasteiger partial charge in [0.15, 0.2) is 5.69 Å². The number of hydrogen-bond acceptors (Lipinski definition) is 2. The lowest BCUT2D eigenvalue weighted by Gasteiger charge is -2.18. The molecule has 1 aromatic rings. The Morgan fingerprint density at radius 3 is 2.38 bits per heavy atom. The van der Waals surface area contributed by atoms with Crippen molar-refractivity contribution in [1.82, 2.24) is 14.7 Å². The van der Waals surface area contributed by atoms with Gasteiger partial charge in [0, 0.05) is 25.8 Å². The SMILES string of the molecule is Cc1cc(C(=O)N2CCCCCC2)nn1C. The van der Waals surface area contributed by atoms with E-state index in [-0.39, 0.29) is 5.91 Å². The molecule has 0 radical (unpaired) electrons. The summed E-state index contributed by atoms with van der Waals surface area (Å²) >= 11 is 0. The van der Waals surface area contributed by atoms with Crippen LogP contribution in [0.5, 0.6) is 0 Å². The number of nitrogens with zero attached hydrogens (tertiary/aromatic N) is 3. The summed E-state index contributed by atoms with van der Waals surface area (Å²) in [6.45, 7) is 3.73. The van der Waals surface area contributed by atoms with Crippen molar-refractivity contribution >= 4 is 5.91 Å². The Morgan fingerprint density at radius 1 is 1.25 bits per heavy atom. The van der Waals surface area contributed by atoms with Gasteiger partial charge in [-0.15, -0.1) is 0 Å². The van der Waals surface area contributed by atoms with Crippen LogP contribution in [0.4, 0.5) is 0 Å². The van der Waals surface area contributed by atoms with Crippen LogP contribution in [-0.4, -0.2) is 33.7 Å². The molecule has 0 aromatic carbocycles. The van der Waals surface area contributed by atoms with Crippen molar-refractivity contribution < 1.29 is 4.79 Å². The van der Waals surface area contributed by atoms with Gasteiger partial charge in [0.1, 0.15) is 0 Å². The van der Waals surface area contributed by atoms with E-state index in [9.17, 15) is 4.79 Å². The minimum absolute atomic E-state index is 0.0885. The summed E-state index contributed by atoms with van der Waals surface area (Å²) in [5, 5.41) is 4.24. The van der Waals surface area contributed by atoms with E-state index >= 15 is 0 Å². The second kappa shape index (κ2) is 4.68. The molecule has 0 N–H and O–H groups in total. The van der Waals surface area contributed by atoms with E-state index in [1.54, 1.807) is 4.68 Å². The van der Waals surface area contributed by atoms with Crippen LogP contribution in [0.25, 0.3) is 0 Å². The predicted octanol–water partition coefficient (Wildman–Crippen LogP) is 1.74. The molecule has 1 saturated heterocycles. The monoisotopic (exact) mass is 221 g/mol. The average molecular weight is 221 g/mol. The number of amides is 1. The molecule has 2 rings (SSSR count). The van der Waals surface area contributed by atoms with Gasteiger partial charge in [-0.1, -0.05) is 12.8 Å². The second-order valence-electron chi connectivity index (χ2n) is 4.50. The Kier molecular flexibility index (Phi) is 3.27. The fourth-order valence-electron chi connectivity index (χ4n) is 2.10. The predicted molar refractivity (Wildman–Crippen MR) is 62.3 cm³/mol. The summed E-state index contributed by atoms with van der Waals surface area (Å²) in [6, 6.07) is 1.87. The molecule has 0 unspecified atom stereocenters. The van der Waals surface area contributed by atoms with E-state index in [0.29, 0.717) is 5.69 Å². The van der Waals surface area contributed by atoms with Gasteiger partial charge >= 0.3 is 0 Å². The third-order valence-electron chi connectivity index (χ3n) is 3.23. The zero-order valence-electron chi connectivity index (χ0n) is 10.1. The van der Waals surface area contributed by atoms with Gasteiger partial charge in [0.25, 0.3) is 5.91 Å². The highest BCUT2D eigenvalue weighted by atomic mass is 16.2. The van der Waals surface area contributed by atoms with Crippen molar-refractivity contribution in [2.45, 2.75) is 32.6 Å². The normalized spacial score (nSPS) is 17.2. The minimum Gasteiger partial charge on any atom is -0.337 e. The molecule has 0 saturated carbocycles. The van der Waals surface area contributed by atoms with Gasteiger partial charge in [0.2, 0.25) is 0 Å². The van der Waals surface area contributed by atoms with Crippen LogP contribution in [0.15, 0.2) is 6.07 Å². The zero-order valence-corrected chi connectivity index (χ0v) is 10.1. The lowest BCUT2D eigenvalue weighted by atomic mass is 10.2. The molecule has 1 fully saturated rings. The maximum Gasteiger partial charge on any atom is 0.274 e. The van der Waals surface area contributed by atoms with Gasteiger partial charge in [-0.05, 0) is 25.8 Å². The lowest BCUT2D eigenvalue weighted by molar-refractivity contribution is 0.0755. The molecule has 0 aliphatic carbocycles. The Bertz CT molecular complexity index is 356. The smallest absolute Gasteiger partial charge is 0.274 e.